The molecule has 1 amide bonds. The van der Waals surface area contributed by atoms with Crippen molar-refractivity contribution in [2.75, 3.05) is 25.0 Å². The van der Waals surface area contributed by atoms with Crippen LogP contribution in [0.5, 0.6) is 5.75 Å². The molecule has 1 aliphatic heterocycles. The number of ether oxygens (including phenoxy) is 1. The van der Waals surface area contributed by atoms with E-state index in [2.05, 4.69) is 19.2 Å². The lowest BCUT2D eigenvalue weighted by Gasteiger charge is -2.29. The first kappa shape index (κ1) is 21.3. The number of hydrogen-bond acceptors (Lipinski definition) is 4. The summed E-state index contributed by atoms with van der Waals surface area (Å²) in [5, 5.41) is 2.73. The van der Waals surface area contributed by atoms with Gasteiger partial charge in [-0.25, -0.2) is 8.42 Å². The van der Waals surface area contributed by atoms with Crippen molar-refractivity contribution in [1.29, 1.82) is 0 Å². The first-order valence-electron chi connectivity index (χ1n) is 10.0. The van der Waals surface area contributed by atoms with Crippen LogP contribution in [0.1, 0.15) is 32.3 Å². The van der Waals surface area contributed by atoms with Gasteiger partial charge in [0.15, 0.2) is 6.61 Å². The number of carbonyl (C=O) groups excluding carboxylic acids is 1. The summed E-state index contributed by atoms with van der Waals surface area (Å²) in [4.78, 5) is 12.4. The summed E-state index contributed by atoms with van der Waals surface area (Å²) in [7, 11) is -3.49. The number of aryl methyl sites for hydroxylation is 1. The van der Waals surface area contributed by atoms with Gasteiger partial charge in [0.2, 0.25) is 10.0 Å². The first-order chi connectivity index (χ1) is 13.9. The van der Waals surface area contributed by atoms with Gasteiger partial charge < -0.3 is 10.1 Å². The summed E-state index contributed by atoms with van der Waals surface area (Å²) in [5.41, 5.74) is 1.68. The molecule has 2 aromatic carbocycles. The Kier molecular flexibility index (Phi) is 6.92. The monoisotopic (exact) mass is 416 g/mol. The fourth-order valence-corrected chi connectivity index (χ4v) is 4.76. The van der Waals surface area contributed by atoms with Crippen LogP contribution < -0.4 is 10.1 Å². The summed E-state index contributed by atoms with van der Waals surface area (Å²) < 4.78 is 32.6. The highest BCUT2D eigenvalue weighted by Crippen LogP contribution is 2.24. The largest absolute Gasteiger partial charge is 0.484 e. The number of nitrogens with one attached hydrogen (secondary N) is 1. The quantitative estimate of drug-likeness (QED) is 0.747. The third kappa shape index (κ3) is 5.58. The number of sulfonamides is 1. The number of rotatable bonds is 7. The number of anilines is 1. The van der Waals surface area contributed by atoms with E-state index in [9.17, 15) is 13.2 Å². The maximum absolute atomic E-state index is 12.8. The Morgan fingerprint density at radius 3 is 2.48 bits per heavy atom. The molecule has 0 aromatic heterocycles. The van der Waals surface area contributed by atoms with Crippen LogP contribution in [0.4, 0.5) is 5.69 Å². The highest BCUT2D eigenvalue weighted by atomic mass is 32.2. The summed E-state index contributed by atoms with van der Waals surface area (Å²) in [6, 6.07) is 13.9. The van der Waals surface area contributed by atoms with Crippen molar-refractivity contribution in [2.45, 2.75) is 38.0 Å². The highest BCUT2D eigenvalue weighted by Gasteiger charge is 2.27. The minimum atomic E-state index is -3.49. The predicted molar refractivity (Wildman–Crippen MR) is 114 cm³/mol. The summed E-state index contributed by atoms with van der Waals surface area (Å²) in [5.74, 6) is 0.912. The van der Waals surface area contributed by atoms with Gasteiger partial charge in [-0.1, -0.05) is 26.0 Å². The average molecular weight is 417 g/mol. The maximum Gasteiger partial charge on any atom is 0.262 e. The number of piperidine rings is 1. The zero-order valence-electron chi connectivity index (χ0n) is 16.9. The molecule has 156 valence electrons. The second kappa shape index (κ2) is 9.41. The standard InChI is InChI=1S/C22H28N2O4S/c1-3-18-5-4-6-20(15-18)28-16-22(25)23-19-7-9-21(10-8-19)29(26,27)24-13-11-17(2)12-14-24/h4-10,15,17H,3,11-14,16H2,1-2H3,(H,23,25). The van der Waals surface area contributed by atoms with Gasteiger partial charge in [0.1, 0.15) is 5.75 Å². The van der Waals surface area contributed by atoms with Crippen molar-refractivity contribution >= 4 is 21.6 Å². The Labute approximate surface area is 172 Å². The molecule has 7 heteroatoms. The van der Waals surface area contributed by atoms with E-state index in [1.54, 1.807) is 16.4 Å². The maximum atomic E-state index is 12.8. The zero-order chi connectivity index (χ0) is 20.9. The molecule has 3 rings (SSSR count). The minimum Gasteiger partial charge on any atom is -0.484 e. The smallest absolute Gasteiger partial charge is 0.262 e. The van der Waals surface area contributed by atoms with Crippen molar-refractivity contribution in [3.8, 4) is 5.75 Å². The molecule has 1 saturated heterocycles. The van der Waals surface area contributed by atoms with E-state index in [0.717, 1.165) is 24.8 Å². The fraction of sp³-hybridized carbons (Fsp3) is 0.409. The molecule has 29 heavy (non-hydrogen) atoms. The Hall–Kier alpha value is -2.38. The molecule has 0 radical (unpaired) electrons. The van der Waals surface area contributed by atoms with E-state index in [0.29, 0.717) is 30.4 Å². The van der Waals surface area contributed by atoms with Crippen LogP contribution in [0.15, 0.2) is 53.4 Å². The number of hydrogen-bond donors (Lipinski definition) is 1. The van der Waals surface area contributed by atoms with Crippen LogP contribution in [0, 0.1) is 5.92 Å². The summed E-state index contributed by atoms with van der Waals surface area (Å²) in [6.07, 6.45) is 2.66. The first-order valence-corrected chi connectivity index (χ1v) is 11.4. The van der Waals surface area contributed by atoms with Crippen LogP contribution in [-0.4, -0.2) is 38.3 Å². The molecule has 1 fully saturated rings. The molecule has 1 heterocycles. The van der Waals surface area contributed by atoms with Crippen LogP contribution in [0.3, 0.4) is 0 Å². The Bertz CT molecular complexity index is 934. The summed E-state index contributed by atoms with van der Waals surface area (Å²) in [6.45, 7) is 5.20. The second-order valence-corrected chi connectivity index (χ2v) is 9.39. The predicted octanol–water partition coefficient (Wildman–Crippen LogP) is 3.69. The molecule has 0 aliphatic carbocycles. The van der Waals surface area contributed by atoms with E-state index in [4.69, 9.17) is 4.74 Å². The molecule has 0 unspecified atom stereocenters. The third-order valence-corrected chi connectivity index (χ3v) is 7.11. The summed E-state index contributed by atoms with van der Waals surface area (Å²) >= 11 is 0. The molecule has 0 atom stereocenters. The van der Waals surface area contributed by atoms with Crippen molar-refractivity contribution in [2.24, 2.45) is 5.92 Å². The van der Waals surface area contributed by atoms with Crippen molar-refractivity contribution in [1.82, 2.24) is 4.31 Å². The van der Waals surface area contributed by atoms with E-state index in [1.807, 2.05) is 24.3 Å². The van der Waals surface area contributed by atoms with Gasteiger partial charge in [0.05, 0.1) is 4.90 Å². The fourth-order valence-electron chi connectivity index (χ4n) is 3.29. The topological polar surface area (TPSA) is 75.7 Å². The Balaban J connectivity index is 1.56. The van der Waals surface area contributed by atoms with Gasteiger partial charge in [0.25, 0.3) is 5.91 Å². The average Bonchev–Trinajstić information content (AvgIpc) is 2.73. The van der Waals surface area contributed by atoms with Crippen molar-refractivity contribution < 1.29 is 17.9 Å². The Morgan fingerprint density at radius 2 is 1.83 bits per heavy atom. The van der Waals surface area contributed by atoms with Crippen LogP contribution >= 0.6 is 0 Å². The lowest BCUT2D eigenvalue weighted by molar-refractivity contribution is -0.118. The van der Waals surface area contributed by atoms with E-state index >= 15 is 0 Å². The number of carbonyl (C=O) groups is 1. The molecule has 1 N–H and O–H groups in total. The van der Waals surface area contributed by atoms with Gasteiger partial charge in [0, 0.05) is 18.8 Å². The lowest BCUT2D eigenvalue weighted by Crippen LogP contribution is -2.37. The minimum absolute atomic E-state index is 0.112. The molecule has 0 bridgehead atoms. The molecular weight excluding hydrogens is 388 g/mol. The molecule has 0 spiro atoms. The van der Waals surface area contributed by atoms with E-state index in [1.165, 1.54) is 12.1 Å². The Morgan fingerprint density at radius 1 is 1.14 bits per heavy atom. The van der Waals surface area contributed by atoms with Gasteiger partial charge in [-0.3, -0.25) is 4.79 Å². The number of amides is 1. The van der Waals surface area contributed by atoms with Gasteiger partial charge in [-0.2, -0.15) is 4.31 Å². The van der Waals surface area contributed by atoms with E-state index < -0.39 is 10.0 Å². The lowest BCUT2D eigenvalue weighted by atomic mass is 10.0. The zero-order valence-corrected chi connectivity index (χ0v) is 17.7. The highest BCUT2D eigenvalue weighted by molar-refractivity contribution is 7.89. The molecular formula is C22H28N2O4S. The van der Waals surface area contributed by atoms with Gasteiger partial charge in [-0.15, -0.1) is 0 Å². The van der Waals surface area contributed by atoms with Crippen molar-refractivity contribution in [3.05, 3.63) is 54.1 Å². The third-order valence-electron chi connectivity index (χ3n) is 5.20. The number of nitrogens with zero attached hydrogens (tertiary/aromatic N) is 1. The SMILES string of the molecule is CCc1cccc(OCC(=O)Nc2ccc(S(=O)(=O)N3CCC(C)CC3)cc2)c1. The van der Waals surface area contributed by atoms with Crippen LogP contribution in [0.25, 0.3) is 0 Å². The van der Waals surface area contributed by atoms with Gasteiger partial charge >= 0.3 is 0 Å². The van der Waals surface area contributed by atoms with Crippen LogP contribution in [0.2, 0.25) is 0 Å². The van der Waals surface area contributed by atoms with Crippen molar-refractivity contribution in [3.63, 3.8) is 0 Å². The number of benzene rings is 2. The second-order valence-electron chi connectivity index (χ2n) is 7.45. The van der Waals surface area contributed by atoms with E-state index in [-0.39, 0.29) is 17.4 Å². The van der Waals surface area contributed by atoms with Crippen LogP contribution in [-0.2, 0) is 21.2 Å². The molecule has 1 aliphatic rings. The molecule has 0 saturated carbocycles. The van der Waals surface area contributed by atoms with Gasteiger partial charge in [-0.05, 0) is 67.1 Å². The molecule has 6 nitrogen and oxygen atoms in total. The normalized spacial score (nSPS) is 15.8. The molecule has 2 aromatic rings.